The van der Waals surface area contributed by atoms with Gasteiger partial charge in [0.1, 0.15) is 0 Å². The second-order valence-corrected chi connectivity index (χ2v) is 8.50. The SMILES string of the molecule is O=[N+]([O-])c1ccc(C2(c3ccc([N+](=O)[O-])cc3)Nc3ccc(-c4ccc5nc[nH]c5c4)cc3N2)cc1. The molecule has 0 unspecified atom stereocenters. The second kappa shape index (κ2) is 7.91. The molecule has 1 aliphatic rings. The summed E-state index contributed by atoms with van der Waals surface area (Å²) in [7, 11) is 0. The summed E-state index contributed by atoms with van der Waals surface area (Å²) in [6, 6.07) is 24.5. The van der Waals surface area contributed by atoms with Crippen LogP contribution >= 0.6 is 0 Å². The number of H-pyrrole nitrogens is 1. The molecule has 0 amide bonds. The Kier molecular flexibility index (Phi) is 4.68. The molecule has 0 saturated heterocycles. The molecule has 1 aromatic heterocycles. The van der Waals surface area contributed by atoms with E-state index >= 15 is 0 Å². The monoisotopic (exact) mass is 478 g/mol. The van der Waals surface area contributed by atoms with Gasteiger partial charge in [0.25, 0.3) is 11.4 Å². The van der Waals surface area contributed by atoms with Crippen LogP contribution in [0, 0.1) is 20.2 Å². The third-order valence-electron chi connectivity index (χ3n) is 6.44. The third-order valence-corrected chi connectivity index (χ3v) is 6.44. The number of nitro benzene ring substituents is 2. The van der Waals surface area contributed by atoms with E-state index < -0.39 is 15.5 Å². The molecule has 10 nitrogen and oxygen atoms in total. The zero-order valence-corrected chi connectivity index (χ0v) is 18.6. The number of nitro groups is 2. The lowest BCUT2D eigenvalue weighted by Gasteiger charge is -2.32. The number of anilines is 2. The first-order valence-corrected chi connectivity index (χ1v) is 11.1. The lowest BCUT2D eigenvalue weighted by Crippen LogP contribution is -2.40. The minimum Gasteiger partial charge on any atom is -0.354 e. The van der Waals surface area contributed by atoms with Gasteiger partial charge in [0.2, 0.25) is 0 Å². The average molecular weight is 478 g/mol. The molecule has 1 aliphatic heterocycles. The van der Waals surface area contributed by atoms with Crippen molar-refractivity contribution in [3.05, 3.63) is 123 Å². The Morgan fingerprint density at radius 1 is 0.667 bits per heavy atom. The van der Waals surface area contributed by atoms with Crippen LogP contribution in [0.25, 0.3) is 22.2 Å². The van der Waals surface area contributed by atoms with Crippen molar-refractivity contribution in [2.24, 2.45) is 0 Å². The number of nitrogens with one attached hydrogen (secondary N) is 3. The smallest absolute Gasteiger partial charge is 0.269 e. The van der Waals surface area contributed by atoms with E-state index in [1.54, 1.807) is 30.6 Å². The van der Waals surface area contributed by atoms with Crippen molar-refractivity contribution in [3.63, 3.8) is 0 Å². The maximum atomic E-state index is 11.2. The molecule has 0 aliphatic carbocycles. The van der Waals surface area contributed by atoms with Gasteiger partial charge in [-0.3, -0.25) is 20.2 Å². The standard InChI is InChI=1S/C26H18N6O4/c33-31(34)20-7-3-18(4-8-20)26(19-5-9-21(10-6-19)32(35)36)29-23-12-2-17(14-25(23)30-26)16-1-11-22-24(13-16)28-15-27-22/h1-15,29-30H,(H,27,28). The van der Waals surface area contributed by atoms with Crippen LogP contribution in [-0.4, -0.2) is 19.8 Å². The van der Waals surface area contributed by atoms with Crippen molar-refractivity contribution in [3.8, 4) is 11.1 Å². The second-order valence-electron chi connectivity index (χ2n) is 8.50. The van der Waals surface area contributed by atoms with Crippen molar-refractivity contribution in [2.75, 3.05) is 10.6 Å². The third kappa shape index (κ3) is 3.40. The van der Waals surface area contributed by atoms with Crippen LogP contribution in [0.1, 0.15) is 11.1 Å². The molecule has 4 aromatic carbocycles. The number of hydrogen-bond acceptors (Lipinski definition) is 7. The van der Waals surface area contributed by atoms with E-state index in [9.17, 15) is 20.2 Å². The minimum absolute atomic E-state index is 0.0235. The molecule has 5 aromatic rings. The van der Waals surface area contributed by atoms with E-state index in [-0.39, 0.29) is 11.4 Å². The number of benzene rings is 4. The fourth-order valence-corrected chi connectivity index (χ4v) is 4.61. The van der Waals surface area contributed by atoms with Gasteiger partial charge in [-0.2, -0.15) is 0 Å². The Morgan fingerprint density at radius 2 is 1.22 bits per heavy atom. The van der Waals surface area contributed by atoms with E-state index in [0.29, 0.717) is 0 Å². The van der Waals surface area contributed by atoms with Crippen LogP contribution in [0.2, 0.25) is 0 Å². The molecule has 36 heavy (non-hydrogen) atoms. The Balaban J connectivity index is 1.44. The highest BCUT2D eigenvalue weighted by molar-refractivity contribution is 5.87. The fraction of sp³-hybridized carbons (Fsp3) is 0.0385. The van der Waals surface area contributed by atoms with E-state index in [0.717, 1.165) is 44.7 Å². The van der Waals surface area contributed by atoms with Gasteiger partial charge in [-0.1, -0.05) is 12.1 Å². The average Bonchev–Trinajstić information content (AvgIpc) is 3.53. The summed E-state index contributed by atoms with van der Waals surface area (Å²) in [4.78, 5) is 28.9. The van der Waals surface area contributed by atoms with E-state index in [2.05, 4.69) is 20.6 Å². The van der Waals surface area contributed by atoms with E-state index in [1.807, 2.05) is 36.4 Å². The van der Waals surface area contributed by atoms with Crippen molar-refractivity contribution < 1.29 is 9.85 Å². The number of rotatable bonds is 5. The number of non-ortho nitro benzene ring substituents is 2. The van der Waals surface area contributed by atoms with Gasteiger partial charge in [0.05, 0.1) is 38.6 Å². The van der Waals surface area contributed by atoms with E-state index in [4.69, 9.17) is 0 Å². The molecule has 6 rings (SSSR count). The van der Waals surface area contributed by atoms with Gasteiger partial charge in [0, 0.05) is 35.4 Å². The molecule has 0 fully saturated rings. The molecule has 0 spiro atoms. The largest absolute Gasteiger partial charge is 0.354 e. The van der Waals surface area contributed by atoms with Crippen LogP contribution in [-0.2, 0) is 5.66 Å². The quantitative estimate of drug-likeness (QED) is 0.215. The van der Waals surface area contributed by atoms with Crippen LogP contribution in [0.15, 0.2) is 91.3 Å². The topological polar surface area (TPSA) is 139 Å². The van der Waals surface area contributed by atoms with Gasteiger partial charge in [0.15, 0.2) is 5.66 Å². The van der Waals surface area contributed by atoms with E-state index in [1.165, 1.54) is 24.3 Å². The minimum atomic E-state index is -0.988. The number of hydrogen-bond donors (Lipinski definition) is 3. The predicted octanol–water partition coefficient (Wildman–Crippen LogP) is 5.79. The summed E-state index contributed by atoms with van der Waals surface area (Å²) in [5.41, 5.74) is 5.89. The van der Waals surface area contributed by atoms with Crippen LogP contribution in [0.5, 0.6) is 0 Å². The zero-order valence-electron chi connectivity index (χ0n) is 18.6. The number of aromatic amines is 1. The molecule has 0 saturated carbocycles. The molecular weight excluding hydrogens is 460 g/mol. The first-order valence-electron chi connectivity index (χ1n) is 11.1. The highest BCUT2D eigenvalue weighted by atomic mass is 16.6. The highest BCUT2D eigenvalue weighted by Gasteiger charge is 2.40. The number of aromatic nitrogens is 2. The van der Waals surface area contributed by atoms with Gasteiger partial charge >= 0.3 is 0 Å². The number of nitrogens with zero attached hydrogens (tertiary/aromatic N) is 3. The number of fused-ring (bicyclic) bond motifs is 2. The Hall–Kier alpha value is -5.25. The molecule has 3 N–H and O–H groups in total. The summed E-state index contributed by atoms with van der Waals surface area (Å²) in [5.74, 6) is 0. The first kappa shape index (κ1) is 21.3. The molecule has 176 valence electrons. The van der Waals surface area contributed by atoms with Gasteiger partial charge in [-0.25, -0.2) is 4.98 Å². The Bertz CT molecular complexity index is 1590. The maximum Gasteiger partial charge on any atom is 0.269 e. The molecule has 10 heteroatoms. The lowest BCUT2D eigenvalue weighted by molar-refractivity contribution is -0.385. The van der Waals surface area contributed by atoms with Crippen molar-refractivity contribution in [1.82, 2.24) is 9.97 Å². The summed E-state index contributed by atoms with van der Waals surface area (Å²) < 4.78 is 0. The van der Waals surface area contributed by atoms with Crippen LogP contribution in [0.4, 0.5) is 22.7 Å². The summed E-state index contributed by atoms with van der Waals surface area (Å²) in [6.07, 6.45) is 1.66. The summed E-state index contributed by atoms with van der Waals surface area (Å²) in [6.45, 7) is 0. The van der Waals surface area contributed by atoms with Crippen molar-refractivity contribution in [2.45, 2.75) is 5.66 Å². The van der Waals surface area contributed by atoms with Crippen molar-refractivity contribution in [1.29, 1.82) is 0 Å². The summed E-state index contributed by atoms with van der Waals surface area (Å²) >= 11 is 0. The van der Waals surface area contributed by atoms with Crippen LogP contribution in [0.3, 0.4) is 0 Å². The predicted molar refractivity (Wildman–Crippen MR) is 136 cm³/mol. The molecule has 2 heterocycles. The van der Waals surface area contributed by atoms with Crippen LogP contribution < -0.4 is 10.6 Å². The molecular formula is C26H18N6O4. The summed E-state index contributed by atoms with van der Waals surface area (Å²) in [5, 5.41) is 29.5. The fourth-order valence-electron chi connectivity index (χ4n) is 4.61. The zero-order chi connectivity index (χ0) is 24.9. The Labute approximate surface area is 203 Å². The first-order chi connectivity index (χ1) is 17.4. The lowest BCUT2D eigenvalue weighted by atomic mass is 9.91. The molecule has 0 radical (unpaired) electrons. The highest BCUT2D eigenvalue weighted by Crippen LogP contribution is 2.45. The van der Waals surface area contributed by atoms with Gasteiger partial charge in [-0.15, -0.1) is 0 Å². The van der Waals surface area contributed by atoms with Gasteiger partial charge < -0.3 is 15.6 Å². The van der Waals surface area contributed by atoms with Gasteiger partial charge in [-0.05, 0) is 59.7 Å². The van der Waals surface area contributed by atoms with Crippen molar-refractivity contribution >= 4 is 33.8 Å². The maximum absolute atomic E-state index is 11.2. The number of imidazole rings is 1. The molecule has 0 bridgehead atoms. The normalized spacial score (nSPS) is 13.6. The Morgan fingerprint density at radius 3 is 1.83 bits per heavy atom. The molecule has 0 atom stereocenters.